The average Bonchev–Trinajstić information content (AvgIpc) is 1.79. The third kappa shape index (κ3) is 6.85. The Balaban J connectivity index is 3.64. The summed E-state index contributed by atoms with van der Waals surface area (Å²) in [5.41, 5.74) is -0.469. The Bertz CT molecular complexity index is 174. The number of rotatable bonds is 2. The zero-order valence-electron chi connectivity index (χ0n) is 7.05. The molecule has 11 heavy (non-hydrogen) atoms. The van der Waals surface area contributed by atoms with Crippen molar-refractivity contribution in [3.63, 3.8) is 0 Å². The molecule has 3 nitrogen and oxygen atoms in total. The lowest BCUT2D eigenvalue weighted by atomic mass is 10.2. The molecule has 0 fully saturated rings. The van der Waals surface area contributed by atoms with Crippen LogP contribution in [0.3, 0.4) is 0 Å². The molecule has 0 saturated carbocycles. The lowest BCUT2D eigenvalue weighted by Gasteiger charge is -2.18. The van der Waals surface area contributed by atoms with E-state index in [0.29, 0.717) is 0 Å². The molecule has 0 aliphatic heterocycles. The standard InChI is InChI=1S/C8H12NO2/c1-8(2,3)11-7(10)5-4-6-9/h5H,4H2,1-3H3. The van der Waals surface area contributed by atoms with Crippen LogP contribution in [0.25, 0.3) is 0 Å². The minimum absolute atomic E-state index is 0.106. The number of carbonyl (C=O) groups excluding carboxylic acids is 1. The van der Waals surface area contributed by atoms with Gasteiger partial charge in [0.2, 0.25) is 0 Å². The fraction of sp³-hybridized carbons (Fsp3) is 0.625. The number of nitriles is 1. The highest BCUT2D eigenvalue weighted by molar-refractivity contribution is 5.79. The largest absolute Gasteiger partial charge is 0.460 e. The van der Waals surface area contributed by atoms with Gasteiger partial charge in [0.1, 0.15) is 5.60 Å². The first-order valence-corrected chi connectivity index (χ1v) is 3.39. The summed E-state index contributed by atoms with van der Waals surface area (Å²) in [6.45, 7) is 5.35. The summed E-state index contributed by atoms with van der Waals surface area (Å²) in [5, 5.41) is 8.12. The van der Waals surface area contributed by atoms with Gasteiger partial charge in [-0.15, -0.1) is 0 Å². The van der Waals surface area contributed by atoms with E-state index in [0.717, 1.165) is 0 Å². The Morgan fingerprint density at radius 2 is 2.18 bits per heavy atom. The first-order chi connectivity index (χ1) is 4.95. The third-order valence-electron chi connectivity index (χ3n) is 0.767. The highest BCUT2D eigenvalue weighted by Crippen LogP contribution is 2.08. The van der Waals surface area contributed by atoms with Gasteiger partial charge in [-0.05, 0) is 20.8 Å². The molecule has 1 radical (unpaired) electrons. The Morgan fingerprint density at radius 1 is 1.64 bits per heavy atom. The number of carbonyl (C=O) groups is 1. The molecule has 0 spiro atoms. The van der Waals surface area contributed by atoms with E-state index in [1.165, 1.54) is 6.42 Å². The average molecular weight is 154 g/mol. The highest BCUT2D eigenvalue weighted by Gasteiger charge is 2.15. The Labute approximate surface area is 67.0 Å². The minimum atomic E-state index is -0.469. The maximum absolute atomic E-state index is 10.8. The topological polar surface area (TPSA) is 50.1 Å². The van der Waals surface area contributed by atoms with E-state index >= 15 is 0 Å². The van der Waals surface area contributed by atoms with Crippen LogP contribution in [0.15, 0.2) is 0 Å². The fourth-order valence-corrected chi connectivity index (χ4v) is 0.472. The molecule has 0 N–H and O–H groups in total. The second kappa shape index (κ2) is 3.97. The Morgan fingerprint density at radius 3 is 2.55 bits per heavy atom. The van der Waals surface area contributed by atoms with Gasteiger partial charge in [0, 0.05) is 6.42 Å². The van der Waals surface area contributed by atoms with Crippen molar-refractivity contribution in [3.05, 3.63) is 6.42 Å². The number of ether oxygens (including phenoxy) is 1. The van der Waals surface area contributed by atoms with Crippen molar-refractivity contribution < 1.29 is 9.53 Å². The van der Waals surface area contributed by atoms with Crippen molar-refractivity contribution in [1.82, 2.24) is 0 Å². The van der Waals surface area contributed by atoms with Crippen LogP contribution >= 0.6 is 0 Å². The summed E-state index contributed by atoms with van der Waals surface area (Å²) in [5.74, 6) is -0.431. The van der Waals surface area contributed by atoms with E-state index in [9.17, 15) is 4.79 Å². The van der Waals surface area contributed by atoms with Crippen LogP contribution in [-0.4, -0.2) is 11.6 Å². The van der Waals surface area contributed by atoms with Gasteiger partial charge in [0.25, 0.3) is 0 Å². The van der Waals surface area contributed by atoms with Gasteiger partial charge >= 0.3 is 5.97 Å². The van der Waals surface area contributed by atoms with E-state index in [-0.39, 0.29) is 6.42 Å². The highest BCUT2D eigenvalue weighted by atomic mass is 16.6. The van der Waals surface area contributed by atoms with Gasteiger partial charge < -0.3 is 4.74 Å². The molecule has 0 bridgehead atoms. The number of esters is 1. The first-order valence-electron chi connectivity index (χ1n) is 3.39. The summed E-state index contributed by atoms with van der Waals surface area (Å²) in [4.78, 5) is 10.8. The van der Waals surface area contributed by atoms with Gasteiger partial charge in [-0.1, -0.05) is 0 Å². The van der Waals surface area contributed by atoms with E-state index in [1.54, 1.807) is 20.8 Å². The van der Waals surface area contributed by atoms with Gasteiger partial charge in [0.15, 0.2) is 0 Å². The lowest BCUT2D eigenvalue weighted by molar-refractivity contribution is -0.150. The molecule has 0 saturated heterocycles. The first kappa shape index (κ1) is 9.96. The van der Waals surface area contributed by atoms with Crippen molar-refractivity contribution in [2.75, 3.05) is 0 Å². The molecule has 0 amide bonds. The summed E-state index contributed by atoms with van der Waals surface area (Å²) >= 11 is 0. The molecule has 3 heteroatoms. The van der Waals surface area contributed by atoms with E-state index in [1.807, 2.05) is 6.07 Å². The van der Waals surface area contributed by atoms with E-state index in [2.05, 4.69) is 0 Å². The molecule has 0 rings (SSSR count). The summed E-state index contributed by atoms with van der Waals surface area (Å²) in [6.07, 6.45) is 1.33. The second-order valence-electron chi connectivity index (χ2n) is 3.10. The van der Waals surface area contributed by atoms with Crippen LogP contribution in [-0.2, 0) is 9.53 Å². The van der Waals surface area contributed by atoms with Crippen molar-refractivity contribution in [2.24, 2.45) is 0 Å². The van der Waals surface area contributed by atoms with Crippen LogP contribution < -0.4 is 0 Å². The fourth-order valence-electron chi connectivity index (χ4n) is 0.472. The van der Waals surface area contributed by atoms with Crippen molar-refractivity contribution in [3.8, 4) is 6.07 Å². The van der Waals surface area contributed by atoms with Gasteiger partial charge in [-0.2, -0.15) is 5.26 Å². The monoisotopic (exact) mass is 154 g/mol. The smallest absolute Gasteiger partial charge is 0.311 e. The molecule has 0 unspecified atom stereocenters. The molecule has 0 aliphatic carbocycles. The van der Waals surface area contributed by atoms with Crippen molar-refractivity contribution >= 4 is 5.97 Å². The molecule has 61 valence electrons. The summed E-state index contributed by atoms with van der Waals surface area (Å²) in [6, 6.07) is 1.83. The molecule has 0 heterocycles. The number of nitrogens with zero attached hydrogens (tertiary/aromatic N) is 1. The zero-order valence-corrected chi connectivity index (χ0v) is 7.05. The minimum Gasteiger partial charge on any atom is -0.460 e. The maximum Gasteiger partial charge on any atom is 0.311 e. The quantitative estimate of drug-likeness (QED) is 0.565. The van der Waals surface area contributed by atoms with Crippen LogP contribution in [0.2, 0.25) is 0 Å². The predicted octanol–water partition coefficient (Wildman–Crippen LogP) is 1.45. The number of hydrogen-bond donors (Lipinski definition) is 0. The van der Waals surface area contributed by atoms with Crippen LogP contribution in [0.4, 0.5) is 0 Å². The van der Waals surface area contributed by atoms with E-state index < -0.39 is 11.6 Å². The van der Waals surface area contributed by atoms with Crippen LogP contribution in [0.1, 0.15) is 27.2 Å². The summed E-state index contributed by atoms with van der Waals surface area (Å²) in [7, 11) is 0. The molecule has 0 aromatic rings. The van der Waals surface area contributed by atoms with Crippen LogP contribution in [0, 0.1) is 17.8 Å². The zero-order chi connectivity index (χ0) is 8.91. The molecular formula is C8H12NO2. The second-order valence-corrected chi connectivity index (χ2v) is 3.10. The SMILES string of the molecule is CC(C)(C)OC(=O)[CH]CC#N. The third-order valence-corrected chi connectivity index (χ3v) is 0.767. The maximum atomic E-state index is 10.8. The number of hydrogen-bond acceptors (Lipinski definition) is 3. The molecule has 0 aromatic heterocycles. The molecule has 0 aromatic carbocycles. The van der Waals surface area contributed by atoms with Crippen LogP contribution in [0.5, 0.6) is 0 Å². The predicted molar refractivity (Wildman–Crippen MR) is 40.4 cm³/mol. The Hall–Kier alpha value is -1.04. The summed E-state index contributed by atoms with van der Waals surface area (Å²) < 4.78 is 4.89. The van der Waals surface area contributed by atoms with Crippen molar-refractivity contribution in [1.29, 1.82) is 5.26 Å². The van der Waals surface area contributed by atoms with Gasteiger partial charge in [0.05, 0.1) is 12.5 Å². The van der Waals surface area contributed by atoms with Gasteiger partial charge in [-0.25, -0.2) is 0 Å². The van der Waals surface area contributed by atoms with E-state index in [4.69, 9.17) is 10.00 Å². The molecular weight excluding hydrogens is 142 g/mol. The Kier molecular flexibility index (Phi) is 3.59. The molecule has 0 aliphatic rings. The molecule has 0 atom stereocenters. The van der Waals surface area contributed by atoms with Gasteiger partial charge in [-0.3, -0.25) is 4.79 Å². The van der Waals surface area contributed by atoms with Crippen molar-refractivity contribution in [2.45, 2.75) is 32.8 Å². The normalized spacial score (nSPS) is 10.4. The lowest BCUT2D eigenvalue weighted by Crippen LogP contribution is -2.23.